The Kier molecular flexibility index (Phi) is 11.8. The van der Waals surface area contributed by atoms with E-state index >= 15 is 0 Å². The lowest BCUT2D eigenvalue weighted by atomic mass is 10.1. The molecule has 3 rings (SSSR count). The Balaban J connectivity index is 0.00000385. The Bertz CT molecular complexity index is 844. The third-order valence-electron chi connectivity index (χ3n) is 5.76. The van der Waals surface area contributed by atoms with Crippen LogP contribution in [0.1, 0.15) is 37.0 Å². The van der Waals surface area contributed by atoms with Gasteiger partial charge >= 0.3 is 0 Å². The van der Waals surface area contributed by atoms with Crippen molar-refractivity contribution in [1.82, 2.24) is 15.5 Å². The molecule has 1 heterocycles. The summed E-state index contributed by atoms with van der Waals surface area (Å²) < 4.78 is 10.6. The fourth-order valence-electron chi connectivity index (χ4n) is 4.01. The van der Waals surface area contributed by atoms with Gasteiger partial charge in [0.2, 0.25) is 0 Å². The molecule has 182 valence electrons. The molecule has 0 radical (unpaired) electrons. The van der Waals surface area contributed by atoms with Crippen molar-refractivity contribution in [3.05, 3.63) is 59.7 Å². The van der Waals surface area contributed by atoms with Gasteiger partial charge in [-0.25, -0.2) is 0 Å². The first-order chi connectivity index (χ1) is 15.6. The van der Waals surface area contributed by atoms with E-state index in [1.807, 2.05) is 19.1 Å². The summed E-state index contributed by atoms with van der Waals surface area (Å²) in [7, 11) is 3.20. The van der Waals surface area contributed by atoms with Crippen molar-refractivity contribution in [3.63, 3.8) is 0 Å². The highest BCUT2D eigenvalue weighted by molar-refractivity contribution is 14.0. The van der Waals surface area contributed by atoms with E-state index in [0.717, 1.165) is 26.2 Å². The number of hydrogen-bond acceptors (Lipinski definition) is 5. The predicted molar refractivity (Wildman–Crippen MR) is 144 cm³/mol. The largest absolute Gasteiger partial charge is 0.497 e. The third-order valence-corrected chi connectivity index (χ3v) is 5.76. The fourth-order valence-corrected chi connectivity index (χ4v) is 4.01. The van der Waals surface area contributed by atoms with E-state index in [4.69, 9.17) is 9.47 Å². The number of ether oxygens (including phenoxy) is 2. The molecule has 0 spiro atoms. The standard InChI is InChI=1S/C25H36N4O3.HI/c1-4-26-25(28-17-24(30)20-13-22(31-2)15-23(14-20)32-3)27-16-21-11-8-12-29(21)18-19-9-6-5-7-10-19;/h5-7,9-10,13-15,21,24,30H,4,8,11-12,16-18H2,1-3H3,(H2,26,27,28);1H. The minimum atomic E-state index is -0.754. The second kappa shape index (κ2) is 14.3. The Morgan fingerprint density at radius 2 is 1.82 bits per heavy atom. The number of likely N-dealkylation sites (tertiary alicyclic amines) is 1. The van der Waals surface area contributed by atoms with Gasteiger partial charge in [0.1, 0.15) is 11.5 Å². The van der Waals surface area contributed by atoms with Crippen molar-refractivity contribution < 1.29 is 14.6 Å². The second-order valence-corrected chi connectivity index (χ2v) is 8.01. The average molecular weight is 569 g/mol. The van der Waals surface area contributed by atoms with Crippen LogP contribution in [-0.4, -0.2) is 62.4 Å². The van der Waals surface area contributed by atoms with Crippen LogP contribution in [-0.2, 0) is 6.54 Å². The molecule has 1 saturated heterocycles. The molecule has 33 heavy (non-hydrogen) atoms. The number of aliphatic imine (C=N–C) groups is 1. The Morgan fingerprint density at radius 1 is 1.12 bits per heavy atom. The van der Waals surface area contributed by atoms with Crippen molar-refractivity contribution in [2.24, 2.45) is 4.99 Å². The zero-order valence-corrected chi connectivity index (χ0v) is 22.1. The summed E-state index contributed by atoms with van der Waals surface area (Å²) in [5.41, 5.74) is 2.06. The van der Waals surface area contributed by atoms with Crippen LogP contribution in [0.4, 0.5) is 0 Å². The number of methoxy groups -OCH3 is 2. The molecule has 0 amide bonds. The number of benzene rings is 2. The smallest absolute Gasteiger partial charge is 0.191 e. The van der Waals surface area contributed by atoms with Crippen molar-refractivity contribution in [1.29, 1.82) is 0 Å². The number of hydrogen-bond donors (Lipinski definition) is 3. The van der Waals surface area contributed by atoms with Crippen LogP contribution in [0.2, 0.25) is 0 Å². The molecule has 1 aliphatic heterocycles. The number of nitrogens with one attached hydrogen (secondary N) is 2. The zero-order valence-electron chi connectivity index (χ0n) is 19.8. The fraction of sp³-hybridized carbons (Fsp3) is 0.480. The summed E-state index contributed by atoms with van der Waals surface area (Å²) >= 11 is 0. The topological polar surface area (TPSA) is 78.4 Å². The van der Waals surface area contributed by atoms with Crippen LogP contribution in [0.3, 0.4) is 0 Å². The number of aliphatic hydroxyl groups excluding tert-OH is 1. The van der Waals surface area contributed by atoms with Gasteiger partial charge < -0.3 is 25.2 Å². The van der Waals surface area contributed by atoms with Gasteiger partial charge in [-0.3, -0.25) is 9.89 Å². The number of guanidine groups is 1. The zero-order chi connectivity index (χ0) is 22.8. The SMILES string of the molecule is CCNC(=NCC(O)c1cc(OC)cc(OC)c1)NCC1CCCN1Cc1ccccc1.I. The maximum Gasteiger partial charge on any atom is 0.191 e. The molecule has 8 heteroatoms. The minimum absolute atomic E-state index is 0. The molecule has 2 atom stereocenters. The van der Waals surface area contributed by atoms with E-state index < -0.39 is 6.10 Å². The van der Waals surface area contributed by atoms with Crippen LogP contribution < -0.4 is 20.1 Å². The molecule has 0 bridgehead atoms. The summed E-state index contributed by atoms with van der Waals surface area (Å²) in [6.45, 7) is 5.94. The second-order valence-electron chi connectivity index (χ2n) is 8.01. The number of halogens is 1. The first kappa shape index (κ1) is 27.2. The summed E-state index contributed by atoms with van der Waals surface area (Å²) in [5.74, 6) is 2.01. The van der Waals surface area contributed by atoms with Crippen LogP contribution >= 0.6 is 24.0 Å². The monoisotopic (exact) mass is 568 g/mol. The molecule has 1 aliphatic rings. The minimum Gasteiger partial charge on any atom is -0.497 e. The van der Waals surface area contributed by atoms with Gasteiger partial charge in [-0.2, -0.15) is 0 Å². The number of rotatable bonds is 10. The summed E-state index contributed by atoms with van der Waals surface area (Å²) in [6, 6.07) is 16.5. The van der Waals surface area contributed by atoms with Gasteiger partial charge in [0.15, 0.2) is 5.96 Å². The van der Waals surface area contributed by atoms with E-state index in [1.165, 1.54) is 18.4 Å². The van der Waals surface area contributed by atoms with E-state index in [2.05, 4.69) is 50.9 Å². The molecule has 2 aromatic rings. The van der Waals surface area contributed by atoms with Crippen molar-refractivity contribution in [2.45, 2.75) is 38.5 Å². The first-order valence-electron chi connectivity index (χ1n) is 11.3. The van der Waals surface area contributed by atoms with E-state index in [9.17, 15) is 5.11 Å². The van der Waals surface area contributed by atoms with Gasteiger partial charge in [0.25, 0.3) is 0 Å². The normalized spacial score (nSPS) is 17.2. The number of nitrogens with zero attached hydrogens (tertiary/aromatic N) is 2. The maximum absolute atomic E-state index is 10.7. The summed E-state index contributed by atoms with van der Waals surface area (Å²) in [6.07, 6.45) is 1.63. The highest BCUT2D eigenvalue weighted by atomic mass is 127. The molecular formula is C25H37IN4O3. The Hall–Kier alpha value is -2.04. The highest BCUT2D eigenvalue weighted by Crippen LogP contribution is 2.26. The van der Waals surface area contributed by atoms with Gasteiger partial charge in [0.05, 0.1) is 26.9 Å². The lowest BCUT2D eigenvalue weighted by Gasteiger charge is -2.25. The van der Waals surface area contributed by atoms with Gasteiger partial charge in [-0.05, 0) is 49.6 Å². The highest BCUT2D eigenvalue weighted by Gasteiger charge is 2.24. The molecule has 0 saturated carbocycles. The third kappa shape index (κ3) is 8.35. The van der Waals surface area contributed by atoms with Gasteiger partial charge in [0, 0.05) is 31.7 Å². The average Bonchev–Trinajstić information content (AvgIpc) is 3.27. The summed E-state index contributed by atoms with van der Waals surface area (Å²) in [5, 5.41) is 17.4. The van der Waals surface area contributed by atoms with E-state index in [-0.39, 0.29) is 30.5 Å². The molecule has 2 aromatic carbocycles. The Labute approximate surface area is 214 Å². The van der Waals surface area contributed by atoms with Crippen LogP contribution in [0.15, 0.2) is 53.5 Å². The molecule has 2 unspecified atom stereocenters. The maximum atomic E-state index is 10.7. The summed E-state index contributed by atoms with van der Waals surface area (Å²) in [4.78, 5) is 7.15. The van der Waals surface area contributed by atoms with E-state index in [1.54, 1.807) is 20.3 Å². The van der Waals surface area contributed by atoms with E-state index in [0.29, 0.717) is 29.1 Å². The first-order valence-corrected chi connectivity index (χ1v) is 11.3. The van der Waals surface area contributed by atoms with Crippen molar-refractivity contribution in [3.8, 4) is 11.5 Å². The quantitative estimate of drug-likeness (QED) is 0.231. The van der Waals surface area contributed by atoms with Gasteiger partial charge in [-0.15, -0.1) is 24.0 Å². The van der Waals surface area contributed by atoms with Crippen molar-refractivity contribution in [2.75, 3.05) is 40.4 Å². The lowest BCUT2D eigenvalue weighted by molar-refractivity contribution is 0.186. The molecule has 7 nitrogen and oxygen atoms in total. The Morgan fingerprint density at radius 3 is 2.45 bits per heavy atom. The lowest BCUT2D eigenvalue weighted by Crippen LogP contribution is -2.44. The molecule has 0 aromatic heterocycles. The van der Waals surface area contributed by atoms with Crippen molar-refractivity contribution >= 4 is 29.9 Å². The number of aliphatic hydroxyl groups is 1. The molecule has 1 fully saturated rings. The molecule has 3 N–H and O–H groups in total. The van der Waals surface area contributed by atoms with Crippen LogP contribution in [0, 0.1) is 0 Å². The van der Waals surface area contributed by atoms with Gasteiger partial charge in [-0.1, -0.05) is 30.3 Å². The molecule has 0 aliphatic carbocycles. The molecular weight excluding hydrogens is 531 g/mol. The van der Waals surface area contributed by atoms with Crippen LogP contribution in [0.25, 0.3) is 0 Å². The van der Waals surface area contributed by atoms with Crippen LogP contribution in [0.5, 0.6) is 11.5 Å². The predicted octanol–water partition coefficient (Wildman–Crippen LogP) is 3.57.